The molecule has 7 heteroatoms. The predicted octanol–water partition coefficient (Wildman–Crippen LogP) is 3.58. The lowest BCUT2D eigenvalue weighted by atomic mass is 9.73. The first-order chi connectivity index (χ1) is 8.39. The van der Waals surface area contributed by atoms with Crippen molar-refractivity contribution in [1.82, 2.24) is 0 Å². The first kappa shape index (κ1) is 14.7. The van der Waals surface area contributed by atoms with E-state index in [-0.39, 0.29) is 22.5 Å². The zero-order valence-corrected chi connectivity index (χ0v) is 11.9. The molecule has 19 heavy (non-hydrogen) atoms. The Morgan fingerprint density at radius 3 is 2.37 bits per heavy atom. The van der Waals surface area contributed by atoms with Gasteiger partial charge in [-0.05, 0) is 36.2 Å². The molecule has 3 nitrogen and oxygen atoms in total. The summed E-state index contributed by atoms with van der Waals surface area (Å²) in [6.07, 6.45) is 3.76. The van der Waals surface area contributed by atoms with Gasteiger partial charge >= 0.3 is 15.6 Å². The van der Waals surface area contributed by atoms with Crippen molar-refractivity contribution >= 4 is 10.1 Å². The van der Waals surface area contributed by atoms with Gasteiger partial charge in [0.25, 0.3) is 0 Å². The second kappa shape index (κ2) is 3.90. The van der Waals surface area contributed by atoms with E-state index in [0.29, 0.717) is 6.42 Å². The van der Waals surface area contributed by atoms with Crippen molar-refractivity contribution in [3.63, 3.8) is 0 Å². The molecule has 110 valence electrons. The van der Waals surface area contributed by atoms with Gasteiger partial charge in [-0.2, -0.15) is 21.6 Å². The molecule has 0 N–H and O–H groups in total. The van der Waals surface area contributed by atoms with Crippen molar-refractivity contribution in [3.05, 3.63) is 11.8 Å². The smallest absolute Gasteiger partial charge is 0.381 e. The SMILES string of the molecule is CC1(C)CCC2(C)CC=C(OS(=O)(=O)C(F)(F)F)C12. The van der Waals surface area contributed by atoms with Crippen LogP contribution in [-0.2, 0) is 14.3 Å². The fraction of sp³-hybridized carbons (Fsp3) is 0.833. The molecule has 2 aliphatic carbocycles. The minimum atomic E-state index is -5.57. The lowest BCUT2D eigenvalue weighted by Gasteiger charge is -2.33. The van der Waals surface area contributed by atoms with Gasteiger partial charge < -0.3 is 4.18 Å². The molecule has 0 saturated heterocycles. The monoisotopic (exact) mass is 298 g/mol. The topological polar surface area (TPSA) is 43.4 Å². The molecule has 0 bridgehead atoms. The van der Waals surface area contributed by atoms with Crippen molar-refractivity contribution < 1.29 is 25.8 Å². The number of hydrogen-bond acceptors (Lipinski definition) is 3. The summed E-state index contributed by atoms with van der Waals surface area (Å²) in [5, 5.41) is 0. The molecule has 0 aromatic heterocycles. The number of hydrogen-bond donors (Lipinski definition) is 0. The molecule has 2 unspecified atom stereocenters. The molecule has 2 atom stereocenters. The lowest BCUT2D eigenvalue weighted by Crippen LogP contribution is -2.32. The van der Waals surface area contributed by atoms with E-state index in [4.69, 9.17) is 0 Å². The standard InChI is InChI=1S/C12H17F3O3S/c1-10(2)6-7-11(3)5-4-8(9(10)11)18-19(16,17)12(13,14)15/h4,9H,5-7H2,1-3H3. The van der Waals surface area contributed by atoms with Gasteiger partial charge in [-0.15, -0.1) is 0 Å². The van der Waals surface area contributed by atoms with Gasteiger partial charge in [-0.25, -0.2) is 0 Å². The molecule has 0 aromatic rings. The average molecular weight is 298 g/mol. The van der Waals surface area contributed by atoms with E-state index in [0.717, 1.165) is 12.8 Å². The quantitative estimate of drug-likeness (QED) is 0.578. The van der Waals surface area contributed by atoms with Gasteiger partial charge in [0, 0.05) is 5.92 Å². The van der Waals surface area contributed by atoms with Crippen molar-refractivity contribution in [2.45, 2.75) is 45.5 Å². The second-order valence-corrected chi connectivity index (χ2v) is 7.91. The summed E-state index contributed by atoms with van der Waals surface area (Å²) in [5.41, 5.74) is -5.83. The highest BCUT2D eigenvalue weighted by Crippen LogP contribution is 2.62. The Balaban J connectivity index is 2.29. The van der Waals surface area contributed by atoms with Crippen molar-refractivity contribution in [2.75, 3.05) is 0 Å². The van der Waals surface area contributed by atoms with E-state index < -0.39 is 15.6 Å². The first-order valence-corrected chi connectivity index (χ1v) is 7.51. The summed E-state index contributed by atoms with van der Waals surface area (Å²) >= 11 is 0. The molecule has 2 rings (SSSR count). The average Bonchev–Trinajstić information content (AvgIpc) is 2.63. The Morgan fingerprint density at radius 2 is 1.84 bits per heavy atom. The van der Waals surface area contributed by atoms with Crippen LogP contribution in [0.4, 0.5) is 13.2 Å². The molecule has 0 amide bonds. The summed E-state index contributed by atoms with van der Waals surface area (Å²) in [4.78, 5) is 0. The summed E-state index contributed by atoms with van der Waals surface area (Å²) in [6, 6.07) is 0. The fourth-order valence-electron chi connectivity index (χ4n) is 3.50. The Labute approximate surface area is 110 Å². The molecular weight excluding hydrogens is 281 g/mol. The van der Waals surface area contributed by atoms with Gasteiger partial charge in [0.15, 0.2) is 0 Å². The molecule has 1 saturated carbocycles. The van der Waals surface area contributed by atoms with Crippen LogP contribution in [0.25, 0.3) is 0 Å². The predicted molar refractivity (Wildman–Crippen MR) is 63.4 cm³/mol. The largest absolute Gasteiger partial charge is 0.534 e. The maximum absolute atomic E-state index is 12.4. The van der Waals surface area contributed by atoms with Crippen LogP contribution in [0.5, 0.6) is 0 Å². The van der Waals surface area contributed by atoms with Crippen LogP contribution in [-0.4, -0.2) is 13.9 Å². The molecule has 2 aliphatic rings. The highest BCUT2D eigenvalue weighted by atomic mass is 32.2. The van der Waals surface area contributed by atoms with E-state index in [1.807, 2.05) is 20.8 Å². The third-order valence-electron chi connectivity index (χ3n) is 4.36. The van der Waals surface area contributed by atoms with Crippen LogP contribution in [0.3, 0.4) is 0 Å². The molecule has 0 spiro atoms. The number of alkyl halides is 3. The van der Waals surface area contributed by atoms with Crippen LogP contribution in [0.15, 0.2) is 11.8 Å². The maximum Gasteiger partial charge on any atom is 0.534 e. The van der Waals surface area contributed by atoms with Gasteiger partial charge in [0.05, 0.1) is 0 Å². The molecular formula is C12H17F3O3S. The van der Waals surface area contributed by atoms with Crippen molar-refractivity contribution in [2.24, 2.45) is 16.7 Å². The third-order valence-corrected chi connectivity index (χ3v) is 5.34. The van der Waals surface area contributed by atoms with Crippen molar-refractivity contribution in [1.29, 1.82) is 0 Å². The summed E-state index contributed by atoms with van der Waals surface area (Å²) in [7, 11) is -5.57. The molecule has 1 fully saturated rings. The highest BCUT2D eigenvalue weighted by Gasteiger charge is 2.57. The first-order valence-electron chi connectivity index (χ1n) is 6.10. The minimum absolute atomic E-state index is 0.0395. The zero-order valence-electron chi connectivity index (χ0n) is 11.0. The normalized spacial score (nSPS) is 34.0. The maximum atomic E-state index is 12.4. The minimum Gasteiger partial charge on any atom is -0.381 e. The van der Waals surface area contributed by atoms with Crippen LogP contribution in [0.2, 0.25) is 0 Å². The molecule has 0 heterocycles. The second-order valence-electron chi connectivity index (χ2n) is 6.37. The Hall–Kier alpha value is -0.720. The molecule has 0 radical (unpaired) electrons. The molecule has 0 aliphatic heterocycles. The van der Waals surface area contributed by atoms with Gasteiger partial charge in [0.2, 0.25) is 0 Å². The van der Waals surface area contributed by atoms with Crippen LogP contribution in [0.1, 0.15) is 40.0 Å². The Kier molecular flexibility index (Phi) is 3.01. The highest BCUT2D eigenvalue weighted by molar-refractivity contribution is 7.87. The third kappa shape index (κ3) is 2.26. The van der Waals surface area contributed by atoms with Crippen LogP contribution >= 0.6 is 0 Å². The van der Waals surface area contributed by atoms with E-state index in [9.17, 15) is 21.6 Å². The zero-order chi connectivity index (χ0) is 14.7. The summed E-state index contributed by atoms with van der Waals surface area (Å²) < 4.78 is 63.8. The van der Waals surface area contributed by atoms with E-state index >= 15 is 0 Å². The van der Waals surface area contributed by atoms with Gasteiger partial charge in [-0.1, -0.05) is 20.8 Å². The lowest BCUT2D eigenvalue weighted by molar-refractivity contribution is -0.0533. The van der Waals surface area contributed by atoms with Crippen molar-refractivity contribution in [3.8, 4) is 0 Å². The van der Waals surface area contributed by atoms with E-state index in [2.05, 4.69) is 4.18 Å². The van der Waals surface area contributed by atoms with Gasteiger partial charge in [-0.3, -0.25) is 0 Å². The number of allylic oxidation sites excluding steroid dienone is 2. The Morgan fingerprint density at radius 1 is 1.26 bits per heavy atom. The van der Waals surface area contributed by atoms with Gasteiger partial charge in [0.1, 0.15) is 5.76 Å². The van der Waals surface area contributed by atoms with E-state index in [1.165, 1.54) is 6.08 Å². The van der Waals surface area contributed by atoms with E-state index in [1.54, 1.807) is 0 Å². The Bertz CT molecular complexity index is 519. The van der Waals surface area contributed by atoms with Crippen LogP contribution < -0.4 is 0 Å². The number of fused-ring (bicyclic) bond motifs is 1. The number of rotatable bonds is 2. The number of halogens is 3. The fourth-order valence-corrected chi connectivity index (χ4v) is 4.01. The molecule has 0 aromatic carbocycles. The summed E-state index contributed by atoms with van der Waals surface area (Å²) in [5.74, 6) is -0.320. The van der Waals surface area contributed by atoms with Crippen LogP contribution in [0, 0.1) is 16.7 Å². The summed E-state index contributed by atoms with van der Waals surface area (Å²) in [6.45, 7) is 5.84.